The monoisotopic (exact) mass is 257 g/mol. The van der Waals surface area contributed by atoms with Crippen LogP contribution in [0.4, 0.5) is 4.39 Å². The van der Waals surface area contributed by atoms with Crippen molar-refractivity contribution >= 4 is 17.5 Å². The molecule has 1 aliphatic rings. The molecule has 0 unspecified atom stereocenters. The van der Waals surface area contributed by atoms with Gasteiger partial charge < -0.3 is 10.0 Å². The molecule has 1 amide bonds. The Hall–Kier alpha value is -1.13. The van der Waals surface area contributed by atoms with Gasteiger partial charge in [0.05, 0.1) is 10.6 Å². The fourth-order valence-corrected chi connectivity index (χ4v) is 2.25. The maximum atomic E-state index is 12.9. The Labute approximate surface area is 104 Å². The van der Waals surface area contributed by atoms with E-state index in [1.807, 2.05) is 0 Å². The summed E-state index contributed by atoms with van der Waals surface area (Å²) in [7, 11) is 0. The van der Waals surface area contributed by atoms with Crippen molar-refractivity contribution in [2.75, 3.05) is 19.7 Å². The van der Waals surface area contributed by atoms with Gasteiger partial charge in [-0.2, -0.15) is 0 Å². The molecule has 3 nitrogen and oxygen atoms in total. The Bertz CT molecular complexity index is 439. The van der Waals surface area contributed by atoms with Crippen LogP contribution in [0.5, 0.6) is 0 Å². The number of carbonyl (C=O) groups is 1. The van der Waals surface area contributed by atoms with Crippen LogP contribution >= 0.6 is 11.6 Å². The van der Waals surface area contributed by atoms with E-state index in [1.54, 1.807) is 4.90 Å². The first-order valence-corrected chi connectivity index (χ1v) is 5.85. The van der Waals surface area contributed by atoms with E-state index in [0.717, 1.165) is 12.5 Å². The van der Waals surface area contributed by atoms with Crippen molar-refractivity contribution in [2.45, 2.75) is 6.42 Å². The highest BCUT2D eigenvalue weighted by atomic mass is 35.5. The number of benzene rings is 1. The number of nitrogens with zero attached hydrogens (tertiary/aromatic N) is 1. The van der Waals surface area contributed by atoms with Crippen LogP contribution in [-0.2, 0) is 0 Å². The normalized spacial score (nSPS) is 19.7. The molecule has 0 radical (unpaired) electrons. The van der Waals surface area contributed by atoms with Crippen LogP contribution in [0, 0.1) is 11.7 Å². The number of likely N-dealkylation sites (tertiary alicyclic amines) is 1. The number of amides is 1. The molecule has 0 aliphatic carbocycles. The van der Waals surface area contributed by atoms with Crippen molar-refractivity contribution in [3.05, 3.63) is 34.6 Å². The molecule has 1 aliphatic heterocycles. The van der Waals surface area contributed by atoms with Gasteiger partial charge >= 0.3 is 0 Å². The molecule has 1 atom stereocenters. The zero-order valence-electron chi connectivity index (χ0n) is 9.20. The van der Waals surface area contributed by atoms with E-state index in [-0.39, 0.29) is 23.5 Å². The van der Waals surface area contributed by atoms with Gasteiger partial charge in [0.25, 0.3) is 5.91 Å². The van der Waals surface area contributed by atoms with Crippen molar-refractivity contribution in [1.29, 1.82) is 0 Å². The lowest BCUT2D eigenvalue weighted by Crippen LogP contribution is -2.29. The second kappa shape index (κ2) is 5.02. The molecule has 92 valence electrons. The summed E-state index contributed by atoms with van der Waals surface area (Å²) in [5.74, 6) is -0.523. The Balaban J connectivity index is 2.15. The quantitative estimate of drug-likeness (QED) is 0.880. The lowest BCUT2D eigenvalue weighted by molar-refractivity contribution is 0.0782. The van der Waals surface area contributed by atoms with Crippen LogP contribution in [0.1, 0.15) is 16.8 Å². The highest BCUT2D eigenvalue weighted by Gasteiger charge is 2.27. The summed E-state index contributed by atoms with van der Waals surface area (Å²) in [5, 5.41) is 9.14. The van der Waals surface area contributed by atoms with Crippen molar-refractivity contribution < 1.29 is 14.3 Å². The molecule has 2 rings (SSSR count). The van der Waals surface area contributed by atoms with Crippen LogP contribution in [0.3, 0.4) is 0 Å². The average molecular weight is 258 g/mol. The van der Waals surface area contributed by atoms with E-state index in [4.69, 9.17) is 16.7 Å². The number of aliphatic hydroxyl groups excluding tert-OH is 1. The number of rotatable bonds is 2. The third-order valence-corrected chi connectivity index (χ3v) is 3.31. The first-order chi connectivity index (χ1) is 8.11. The van der Waals surface area contributed by atoms with Gasteiger partial charge in [0.2, 0.25) is 0 Å². The highest BCUT2D eigenvalue weighted by molar-refractivity contribution is 6.33. The van der Waals surface area contributed by atoms with Crippen LogP contribution in [0.15, 0.2) is 18.2 Å². The third kappa shape index (κ3) is 2.58. The molecule has 0 aromatic heterocycles. The molecule has 5 heteroatoms. The molecule has 1 aromatic rings. The largest absolute Gasteiger partial charge is 0.396 e. The molecule has 1 saturated heterocycles. The number of hydrogen-bond acceptors (Lipinski definition) is 2. The van der Waals surface area contributed by atoms with E-state index in [2.05, 4.69) is 0 Å². The molecule has 1 N–H and O–H groups in total. The summed E-state index contributed by atoms with van der Waals surface area (Å²) in [6, 6.07) is 3.75. The molecular formula is C12H13ClFNO2. The third-order valence-electron chi connectivity index (χ3n) is 2.99. The lowest BCUT2D eigenvalue weighted by Gasteiger charge is -2.16. The minimum atomic E-state index is -0.457. The maximum Gasteiger partial charge on any atom is 0.255 e. The Morgan fingerprint density at radius 2 is 2.35 bits per heavy atom. The summed E-state index contributed by atoms with van der Waals surface area (Å²) < 4.78 is 12.9. The summed E-state index contributed by atoms with van der Waals surface area (Å²) >= 11 is 5.84. The standard InChI is InChI=1S/C12H13ClFNO2/c13-11-5-9(14)1-2-10(11)12(17)15-4-3-8(6-15)7-16/h1-2,5,8,16H,3-4,6-7H2/t8-/m1/s1. The topological polar surface area (TPSA) is 40.5 Å². The molecule has 1 fully saturated rings. The fourth-order valence-electron chi connectivity index (χ4n) is 2.00. The zero-order valence-corrected chi connectivity index (χ0v) is 9.95. The summed E-state index contributed by atoms with van der Waals surface area (Å²) in [6.45, 7) is 1.22. The molecule has 0 spiro atoms. The minimum Gasteiger partial charge on any atom is -0.396 e. The summed E-state index contributed by atoms with van der Waals surface area (Å²) in [4.78, 5) is 13.7. The number of aliphatic hydroxyl groups is 1. The van der Waals surface area contributed by atoms with Gasteiger partial charge in [-0.25, -0.2) is 4.39 Å². The van der Waals surface area contributed by atoms with Gasteiger partial charge in [-0.05, 0) is 24.6 Å². The van der Waals surface area contributed by atoms with E-state index >= 15 is 0 Å². The van der Waals surface area contributed by atoms with Crippen molar-refractivity contribution in [3.63, 3.8) is 0 Å². The molecule has 0 saturated carbocycles. The van der Waals surface area contributed by atoms with Gasteiger partial charge in [-0.3, -0.25) is 4.79 Å². The number of hydrogen-bond donors (Lipinski definition) is 1. The van der Waals surface area contributed by atoms with Crippen molar-refractivity contribution in [1.82, 2.24) is 4.90 Å². The molecule has 1 heterocycles. The predicted molar refractivity (Wildman–Crippen MR) is 62.5 cm³/mol. The maximum absolute atomic E-state index is 12.9. The van der Waals surface area contributed by atoms with Crippen molar-refractivity contribution in [3.8, 4) is 0 Å². The summed E-state index contributed by atoms with van der Waals surface area (Å²) in [6.07, 6.45) is 0.793. The first kappa shape index (κ1) is 12.3. The lowest BCUT2D eigenvalue weighted by atomic mass is 10.1. The minimum absolute atomic E-state index is 0.0843. The molecular weight excluding hydrogens is 245 g/mol. The van der Waals surface area contributed by atoms with Gasteiger partial charge in [-0.15, -0.1) is 0 Å². The van der Waals surface area contributed by atoms with E-state index < -0.39 is 5.82 Å². The van der Waals surface area contributed by atoms with Gasteiger partial charge in [-0.1, -0.05) is 11.6 Å². The highest BCUT2D eigenvalue weighted by Crippen LogP contribution is 2.23. The molecule has 17 heavy (non-hydrogen) atoms. The predicted octanol–water partition coefficient (Wildman–Crippen LogP) is 1.93. The average Bonchev–Trinajstić information content (AvgIpc) is 2.76. The van der Waals surface area contributed by atoms with Crippen LogP contribution in [-0.4, -0.2) is 35.6 Å². The Morgan fingerprint density at radius 3 is 2.94 bits per heavy atom. The van der Waals surface area contributed by atoms with Crippen LogP contribution in [0.25, 0.3) is 0 Å². The SMILES string of the molecule is O=C(c1ccc(F)cc1Cl)N1CC[C@@H](CO)C1. The second-order valence-electron chi connectivity index (χ2n) is 4.21. The second-order valence-corrected chi connectivity index (χ2v) is 4.62. The Morgan fingerprint density at radius 1 is 1.59 bits per heavy atom. The van der Waals surface area contributed by atoms with E-state index in [0.29, 0.717) is 18.7 Å². The molecule has 1 aromatic carbocycles. The number of carbonyl (C=O) groups excluding carboxylic acids is 1. The Kier molecular flexibility index (Phi) is 3.64. The van der Waals surface area contributed by atoms with Gasteiger partial charge in [0.1, 0.15) is 5.82 Å². The first-order valence-electron chi connectivity index (χ1n) is 5.47. The smallest absolute Gasteiger partial charge is 0.255 e. The number of halogens is 2. The van der Waals surface area contributed by atoms with Crippen LogP contribution < -0.4 is 0 Å². The zero-order chi connectivity index (χ0) is 12.4. The molecule has 0 bridgehead atoms. The summed E-state index contributed by atoms with van der Waals surface area (Å²) in [5.41, 5.74) is 0.312. The van der Waals surface area contributed by atoms with Crippen LogP contribution in [0.2, 0.25) is 5.02 Å². The van der Waals surface area contributed by atoms with Gasteiger partial charge in [0.15, 0.2) is 0 Å². The van der Waals surface area contributed by atoms with E-state index in [1.165, 1.54) is 12.1 Å². The van der Waals surface area contributed by atoms with E-state index in [9.17, 15) is 9.18 Å². The van der Waals surface area contributed by atoms with Gasteiger partial charge in [0, 0.05) is 25.6 Å². The fraction of sp³-hybridized carbons (Fsp3) is 0.417. The van der Waals surface area contributed by atoms with Crippen molar-refractivity contribution in [2.24, 2.45) is 5.92 Å².